The van der Waals surface area contributed by atoms with Crippen LogP contribution in [-0.4, -0.2) is 28.0 Å². The first-order valence-electron chi connectivity index (χ1n) is 8.27. The molecule has 0 aliphatic carbocycles. The number of alkyl halides is 3. The Morgan fingerprint density at radius 3 is 2.46 bits per heavy atom. The maximum absolute atomic E-state index is 12.3. The lowest BCUT2D eigenvalue weighted by molar-refractivity contribution is -0.274. The molecule has 0 amide bonds. The fourth-order valence-corrected chi connectivity index (χ4v) is 3.17. The molecule has 28 heavy (non-hydrogen) atoms. The zero-order valence-electron chi connectivity index (χ0n) is 14.4. The zero-order chi connectivity index (χ0) is 20.3. The van der Waals surface area contributed by atoms with E-state index in [2.05, 4.69) is 9.57 Å². The highest BCUT2D eigenvalue weighted by molar-refractivity contribution is 6.14. The van der Waals surface area contributed by atoms with Crippen molar-refractivity contribution in [2.24, 2.45) is 0 Å². The SMILES string of the molecule is O=C(O)C(Cc1cn(Cc2ccc(OC(F)(F)F)cc2)c2ccccc12)NCl. The van der Waals surface area contributed by atoms with Crippen LogP contribution in [0.5, 0.6) is 5.75 Å². The molecule has 0 aliphatic heterocycles. The van der Waals surface area contributed by atoms with Crippen LogP contribution in [0.4, 0.5) is 13.2 Å². The first kappa shape index (κ1) is 20.0. The van der Waals surface area contributed by atoms with Crippen LogP contribution in [0.2, 0.25) is 0 Å². The maximum atomic E-state index is 12.3. The highest BCUT2D eigenvalue weighted by Crippen LogP contribution is 2.26. The van der Waals surface area contributed by atoms with E-state index >= 15 is 0 Å². The van der Waals surface area contributed by atoms with Gasteiger partial charge in [0.15, 0.2) is 0 Å². The fourth-order valence-electron chi connectivity index (χ4n) is 3.00. The smallest absolute Gasteiger partial charge is 0.480 e. The number of hydrogen-bond donors (Lipinski definition) is 2. The molecular formula is C19H16ClF3N2O3. The van der Waals surface area contributed by atoms with Gasteiger partial charge in [-0.2, -0.15) is 0 Å². The molecule has 1 atom stereocenters. The van der Waals surface area contributed by atoms with E-state index in [0.29, 0.717) is 6.54 Å². The Morgan fingerprint density at radius 2 is 1.86 bits per heavy atom. The number of ether oxygens (including phenoxy) is 1. The summed E-state index contributed by atoms with van der Waals surface area (Å²) in [7, 11) is 0. The zero-order valence-corrected chi connectivity index (χ0v) is 15.2. The summed E-state index contributed by atoms with van der Waals surface area (Å²) in [4.78, 5) is 13.5. The Morgan fingerprint density at radius 1 is 1.18 bits per heavy atom. The van der Waals surface area contributed by atoms with Crippen molar-refractivity contribution in [1.82, 2.24) is 9.40 Å². The number of nitrogens with one attached hydrogen (secondary N) is 1. The first-order valence-corrected chi connectivity index (χ1v) is 8.65. The van der Waals surface area contributed by atoms with Gasteiger partial charge in [-0.3, -0.25) is 4.79 Å². The lowest BCUT2D eigenvalue weighted by atomic mass is 10.1. The number of hydrogen-bond acceptors (Lipinski definition) is 3. The van der Waals surface area contributed by atoms with E-state index in [0.717, 1.165) is 22.0 Å². The van der Waals surface area contributed by atoms with E-state index in [4.69, 9.17) is 11.8 Å². The van der Waals surface area contributed by atoms with Gasteiger partial charge in [0.05, 0.1) is 0 Å². The van der Waals surface area contributed by atoms with Gasteiger partial charge >= 0.3 is 12.3 Å². The summed E-state index contributed by atoms with van der Waals surface area (Å²) in [5, 5.41) is 10.1. The summed E-state index contributed by atoms with van der Waals surface area (Å²) in [5.41, 5.74) is 2.45. The summed E-state index contributed by atoms with van der Waals surface area (Å²) in [6.45, 7) is 0.402. The number of carboxylic acids is 1. The molecule has 0 bridgehead atoms. The van der Waals surface area contributed by atoms with Gasteiger partial charge < -0.3 is 14.4 Å². The van der Waals surface area contributed by atoms with Gasteiger partial charge in [-0.25, -0.2) is 4.84 Å². The lowest BCUT2D eigenvalue weighted by Gasteiger charge is -2.10. The Labute approximate surface area is 163 Å². The van der Waals surface area contributed by atoms with E-state index in [-0.39, 0.29) is 12.2 Å². The highest BCUT2D eigenvalue weighted by atomic mass is 35.5. The normalized spacial score (nSPS) is 12.9. The number of benzene rings is 2. The van der Waals surface area contributed by atoms with E-state index in [1.54, 1.807) is 12.1 Å². The molecule has 0 saturated heterocycles. The van der Waals surface area contributed by atoms with Crippen LogP contribution in [-0.2, 0) is 17.8 Å². The van der Waals surface area contributed by atoms with Crippen molar-refractivity contribution in [3.8, 4) is 5.75 Å². The van der Waals surface area contributed by atoms with Gasteiger partial charge in [0.1, 0.15) is 11.8 Å². The van der Waals surface area contributed by atoms with Crippen molar-refractivity contribution >= 4 is 28.6 Å². The molecule has 3 aromatic rings. The molecule has 0 fully saturated rings. The van der Waals surface area contributed by atoms with Gasteiger partial charge in [-0.15, -0.1) is 13.2 Å². The minimum absolute atomic E-state index is 0.185. The number of carboxylic acid groups (broad SMARTS) is 1. The van der Waals surface area contributed by atoms with Crippen molar-refractivity contribution in [2.45, 2.75) is 25.4 Å². The molecule has 1 unspecified atom stereocenters. The summed E-state index contributed by atoms with van der Waals surface area (Å²) < 4.78 is 42.6. The number of rotatable bonds is 7. The Balaban J connectivity index is 1.86. The van der Waals surface area contributed by atoms with Crippen LogP contribution in [0.3, 0.4) is 0 Å². The quantitative estimate of drug-likeness (QED) is 0.567. The number of para-hydroxylation sites is 1. The van der Waals surface area contributed by atoms with Crippen LogP contribution in [0, 0.1) is 0 Å². The predicted octanol–water partition coefficient (Wildman–Crippen LogP) is 4.33. The van der Waals surface area contributed by atoms with E-state index < -0.39 is 18.4 Å². The average Bonchev–Trinajstić information content (AvgIpc) is 2.97. The molecule has 5 nitrogen and oxygen atoms in total. The van der Waals surface area contributed by atoms with Gasteiger partial charge in [0.2, 0.25) is 0 Å². The lowest BCUT2D eigenvalue weighted by Crippen LogP contribution is -2.32. The van der Waals surface area contributed by atoms with E-state index in [9.17, 15) is 23.1 Å². The maximum Gasteiger partial charge on any atom is 0.573 e. The molecular weight excluding hydrogens is 397 g/mol. The van der Waals surface area contributed by atoms with E-state index in [1.807, 2.05) is 35.0 Å². The molecule has 2 aromatic carbocycles. The van der Waals surface area contributed by atoms with Crippen LogP contribution < -0.4 is 9.57 Å². The van der Waals surface area contributed by atoms with Crippen LogP contribution in [0.25, 0.3) is 10.9 Å². The van der Waals surface area contributed by atoms with Gasteiger partial charge in [0.25, 0.3) is 0 Å². The average molecular weight is 413 g/mol. The molecule has 148 valence electrons. The number of aliphatic carboxylic acids is 1. The summed E-state index contributed by atoms with van der Waals surface area (Å²) in [6.07, 6.45) is -2.72. The summed E-state index contributed by atoms with van der Waals surface area (Å²) >= 11 is 5.53. The van der Waals surface area contributed by atoms with Gasteiger partial charge in [-0.05, 0) is 41.1 Å². The number of nitrogens with zero attached hydrogens (tertiary/aromatic N) is 1. The summed E-state index contributed by atoms with van der Waals surface area (Å²) in [6, 6.07) is 12.2. The molecule has 0 saturated carbocycles. The van der Waals surface area contributed by atoms with E-state index in [1.165, 1.54) is 12.1 Å². The van der Waals surface area contributed by atoms with Gasteiger partial charge in [0, 0.05) is 30.1 Å². The third-order valence-electron chi connectivity index (χ3n) is 4.23. The molecule has 9 heteroatoms. The van der Waals surface area contributed by atoms with Crippen molar-refractivity contribution in [2.75, 3.05) is 0 Å². The monoisotopic (exact) mass is 412 g/mol. The van der Waals surface area contributed by atoms with Crippen molar-refractivity contribution in [3.63, 3.8) is 0 Å². The Kier molecular flexibility index (Phi) is 5.81. The minimum atomic E-state index is -4.73. The third-order valence-corrected chi connectivity index (χ3v) is 4.50. The topological polar surface area (TPSA) is 63.5 Å². The third kappa shape index (κ3) is 4.76. The number of halogens is 4. The van der Waals surface area contributed by atoms with Crippen molar-refractivity contribution in [1.29, 1.82) is 0 Å². The molecule has 0 aliphatic rings. The number of aromatic nitrogens is 1. The molecule has 2 N–H and O–H groups in total. The highest BCUT2D eigenvalue weighted by Gasteiger charge is 2.31. The van der Waals surface area contributed by atoms with Gasteiger partial charge in [-0.1, -0.05) is 30.3 Å². The van der Waals surface area contributed by atoms with Crippen LogP contribution in [0.1, 0.15) is 11.1 Å². The van der Waals surface area contributed by atoms with Crippen molar-refractivity contribution in [3.05, 3.63) is 65.9 Å². The van der Waals surface area contributed by atoms with Crippen LogP contribution in [0.15, 0.2) is 54.7 Å². The number of fused-ring (bicyclic) bond motifs is 1. The fraction of sp³-hybridized carbons (Fsp3) is 0.211. The second kappa shape index (κ2) is 8.12. The molecule has 0 spiro atoms. The minimum Gasteiger partial charge on any atom is -0.480 e. The second-order valence-electron chi connectivity index (χ2n) is 6.20. The molecule has 3 rings (SSSR count). The molecule has 1 aromatic heterocycles. The first-order chi connectivity index (χ1) is 13.3. The molecule has 1 heterocycles. The Bertz CT molecular complexity index is 971. The Hall–Kier alpha value is -2.71. The summed E-state index contributed by atoms with van der Waals surface area (Å²) in [5.74, 6) is -1.35. The van der Waals surface area contributed by atoms with Crippen molar-refractivity contribution < 1.29 is 27.8 Å². The van der Waals surface area contributed by atoms with Crippen LogP contribution >= 0.6 is 11.8 Å². The standard InChI is InChI=1S/C19H16ClF3N2O3/c20-24-16(18(26)27)9-13-11-25(17-4-2-1-3-15(13)17)10-12-5-7-14(8-6-12)28-19(21,22)23/h1-8,11,16,24H,9-10H2,(H,26,27). The number of carbonyl (C=O) groups is 1. The largest absolute Gasteiger partial charge is 0.573 e. The second-order valence-corrected chi connectivity index (χ2v) is 6.41. The predicted molar refractivity (Wildman–Crippen MR) is 98.3 cm³/mol. The molecule has 0 radical (unpaired) electrons.